The molecule has 0 aliphatic heterocycles. The van der Waals surface area contributed by atoms with E-state index in [0.717, 1.165) is 5.56 Å². The van der Waals surface area contributed by atoms with Crippen molar-refractivity contribution in [3.8, 4) is 6.07 Å². The van der Waals surface area contributed by atoms with E-state index in [1.807, 2.05) is 32.0 Å². The van der Waals surface area contributed by atoms with Crippen molar-refractivity contribution < 1.29 is 4.39 Å². The number of halogens is 1. The van der Waals surface area contributed by atoms with Crippen LogP contribution in [0, 0.1) is 17.1 Å². The molecule has 2 aromatic rings. The topological polar surface area (TPSA) is 35.8 Å². The largest absolute Gasteiger partial charge is 0.304 e. The SMILES string of the molecule is CC(N[C@H](C)c1ccccc1F)c1ccc(C#N)cc1. The van der Waals surface area contributed by atoms with Gasteiger partial charge in [0.15, 0.2) is 0 Å². The van der Waals surface area contributed by atoms with E-state index in [0.29, 0.717) is 11.1 Å². The Hall–Kier alpha value is -2.18. The number of nitriles is 1. The van der Waals surface area contributed by atoms with Crippen LogP contribution in [0.3, 0.4) is 0 Å². The first-order valence-electron chi connectivity index (χ1n) is 6.62. The van der Waals surface area contributed by atoms with Crippen molar-refractivity contribution in [3.05, 3.63) is 71.0 Å². The monoisotopic (exact) mass is 268 g/mol. The minimum atomic E-state index is -0.195. The zero-order valence-corrected chi connectivity index (χ0v) is 11.6. The van der Waals surface area contributed by atoms with E-state index in [1.165, 1.54) is 6.07 Å². The third kappa shape index (κ3) is 3.23. The molecule has 0 aliphatic rings. The lowest BCUT2D eigenvalue weighted by Crippen LogP contribution is -2.23. The molecule has 0 radical (unpaired) electrons. The lowest BCUT2D eigenvalue weighted by atomic mass is 10.0. The van der Waals surface area contributed by atoms with Crippen LogP contribution in [0.1, 0.15) is 42.6 Å². The van der Waals surface area contributed by atoms with Crippen LogP contribution in [-0.2, 0) is 0 Å². The summed E-state index contributed by atoms with van der Waals surface area (Å²) in [5, 5.41) is 12.2. The Morgan fingerprint density at radius 3 is 2.25 bits per heavy atom. The van der Waals surface area contributed by atoms with Crippen LogP contribution in [0.5, 0.6) is 0 Å². The first kappa shape index (κ1) is 14.2. The van der Waals surface area contributed by atoms with E-state index >= 15 is 0 Å². The Kier molecular flexibility index (Phi) is 4.49. The fourth-order valence-corrected chi connectivity index (χ4v) is 2.23. The molecule has 0 spiro atoms. The van der Waals surface area contributed by atoms with E-state index in [-0.39, 0.29) is 17.9 Å². The minimum absolute atomic E-state index is 0.0809. The summed E-state index contributed by atoms with van der Waals surface area (Å²) in [6.07, 6.45) is 0. The lowest BCUT2D eigenvalue weighted by molar-refractivity contribution is 0.474. The summed E-state index contributed by atoms with van der Waals surface area (Å²) in [4.78, 5) is 0. The van der Waals surface area contributed by atoms with Gasteiger partial charge in [0.25, 0.3) is 0 Å². The van der Waals surface area contributed by atoms with Crippen molar-refractivity contribution in [2.75, 3.05) is 0 Å². The maximum absolute atomic E-state index is 13.7. The highest BCUT2D eigenvalue weighted by atomic mass is 19.1. The molecule has 20 heavy (non-hydrogen) atoms. The Bertz CT molecular complexity index is 614. The van der Waals surface area contributed by atoms with Gasteiger partial charge in [-0.3, -0.25) is 0 Å². The molecule has 0 amide bonds. The first-order valence-corrected chi connectivity index (χ1v) is 6.62. The van der Waals surface area contributed by atoms with Crippen LogP contribution in [0.2, 0.25) is 0 Å². The highest BCUT2D eigenvalue weighted by Gasteiger charge is 2.13. The average Bonchev–Trinajstić information content (AvgIpc) is 2.47. The number of hydrogen-bond donors (Lipinski definition) is 1. The number of hydrogen-bond acceptors (Lipinski definition) is 2. The molecule has 1 unspecified atom stereocenters. The Morgan fingerprint density at radius 2 is 1.65 bits per heavy atom. The summed E-state index contributed by atoms with van der Waals surface area (Å²) in [7, 11) is 0. The second-order valence-corrected chi connectivity index (χ2v) is 4.87. The summed E-state index contributed by atoms with van der Waals surface area (Å²) in [5.41, 5.74) is 2.38. The maximum atomic E-state index is 13.7. The van der Waals surface area contributed by atoms with Gasteiger partial charge in [-0.1, -0.05) is 30.3 Å². The second-order valence-electron chi connectivity index (χ2n) is 4.87. The molecule has 0 saturated carbocycles. The molecule has 0 heterocycles. The van der Waals surface area contributed by atoms with Gasteiger partial charge in [0.2, 0.25) is 0 Å². The van der Waals surface area contributed by atoms with Gasteiger partial charge in [-0.15, -0.1) is 0 Å². The molecule has 0 fully saturated rings. The number of nitrogens with one attached hydrogen (secondary N) is 1. The summed E-state index contributed by atoms with van der Waals surface area (Å²) >= 11 is 0. The molecule has 0 bridgehead atoms. The summed E-state index contributed by atoms with van der Waals surface area (Å²) < 4.78 is 13.7. The van der Waals surface area contributed by atoms with Crippen molar-refractivity contribution in [1.29, 1.82) is 5.26 Å². The van der Waals surface area contributed by atoms with E-state index < -0.39 is 0 Å². The number of rotatable bonds is 4. The first-order chi connectivity index (χ1) is 9.61. The molecule has 2 rings (SSSR count). The fourth-order valence-electron chi connectivity index (χ4n) is 2.23. The van der Waals surface area contributed by atoms with E-state index in [1.54, 1.807) is 24.3 Å². The van der Waals surface area contributed by atoms with Crippen LogP contribution in [-0.4, -0.2) is 0 Å². The average molecular weight is 268 g/mol. The Morgan fingerprint density at radius 1 is 1.00 bits per heavy atom. The van der Waals surface area contributed by atoms with Crippen molar-refractivity contribution in [2.24, 2.45) is 0 Å². The quantitative estimate of drug-likeness (QED) is 0.905. The van der Waals surface area contributed by atoms with Gasteiger partial charge < -0.3 is 5.32 Å². The van der Waals surface area contributed by atoms with Crippen LogP contribution in [0.15, 0.2) is 48.5 Å². The van der Waals surface area contributed by atoms with Crippen molar-refractivity contribution in [2.45, 2.75) is 25.9 Å². The molecule has 1 N–H and O–H groups in total. The predicted octanol–water partition coefficient (Wildman–Crippen LogP) is 4.11. The lowest BCUT2D eigenvalue weighted by Gasteiger charge is -2.21. The van der Waals surface area contributed by atoms with Gasteiger partial charge in [0, 0.05) is 17.6 Å². The van der Waals surface area contributed by atoms with E-state index in [4.69, 9.17) is 5.26 Å². The molecular weight excluding hydrogens is 251 g/mol. The summed E-state index contributed by atoms with van der Waals surface area (Å²) in [6, 6.07) is 16.3. The van der Waals surface area contributed by atoms with Crippen molar-refractivity contribution >= 4 is 0 Å². The minimum Gasteiger partial charge on any atom is -0.304 e. The Balaban J connectivity index is 2.09. The Labute approximate surface area is 118 Å². The highest BCUT2D eigenvalue weighted by molar-refractivity contribution is 5.33. The van der Waals surface area contributed by atoms with Gasteiger partial charge in [-0.2, -0.15) is 5.26 Å². The molecule has 2 aromatic carbocycles. The van der Waals surface area contributed by atoms with Crippen LogP contribution < -0.4 is 5.32 Å². The fraction of sp³-hybridized carbons (Fsp3) is 0.235. The smallest absolute Gasteiger partial charge is 0.127 e. The van der Waals surface area contributed by atoms with Gasteiger partial charge in [-0.25, -0.2) is 4.39 Å². The summed E-state index contributed by atoms with van der Waals surface area (Å²) in [5.74, 6) is -0.195. The zero-order chi connectivity index (χ0) is 14.5. The maximum Gasteiger partial charge on any atom is 0.127 e. The molecule has 0 aromatic heterocycles. The van der Waals surface area contributed by atoms with E-state index in [2.05, 4.69) is 11.4 Å². The second kappa shape index (κ2) is 6.31. The highest BCUT2D eigenvalue weighted by Crippen LogP contribution is 2.21. The van der Waals surface area contributed by atoms with Crippen LogP contribution in [0.4, 0.5) is 4.39 Å². The normalized spacial score (nSPS) is 13.5. The van der Waals surface area contributed by atoms with E-state index in [9.17, 15) is 4.39 Å². The third-order valence-corrected chi connectivity index (χ3v) is 3.41. The number of benzene rings is 2. The zero-order valence-electron chi connectivity index (χ0n) is 11.6. The number of nitrogens with zero attached hydrogens (tertiary/aromatic N) is 1. The third-order valence-electron chi connectivity index (χ3n) is 3.41. The van der Waals surface area contributed by atoms with Gasteiger partial charge in [-0.05, 0) is 37.6 Å². The molecule has 2 nitrogen and oxygen atoms in total. The van der Waals surface area contributed by atoms with Crippen LogP contribution in [0.25, 0.3) is 0 Å². The molecule has 102 valence electrons. The standard InChI is InChI=1S/C17H17FN2/c1-12(15-9-7-14(11-19)8-10-15)20-13(2)16-5-3-4-6-17(16)18/h3-10,12-13,20H,1-2H3/t12?,13-/m1/s1. The molecule has 0 aliphatic carbocycles. The molecular formula is C17H17FN2. The predicted molar refractivity (Wildman–Crippen MR) is 77.5 cm³/mol. The molecule has 0 saturated heterocycles. The van der Waals surface area contributed by atoms with Gasteiger partial charge in [0.1, 0.15) is 5.82 Å². The van der Waals surface area contributed by atoms with Crippen molar-refractivity contribution in [3.63, 3.8) is 0 Å². The van der Waals surface area contributed by atoms with Crippen LogP contribution >= 0.6 is 0 Å². The van der Waals surface area contributed by atoms with Gasteiger partial charge >= 0.3 is 0 Å². The molecule has 3 heteroatoms. The van der Waals surface area contributed by atoms with Crippen molar-refractivity contribution in [1.82, 2.24) is 5.32 Å². The molecule has 2 atom stereocenters. The van der Waals surface area contributed by atoms with Gasteiger partial charge in [0.05, 0.1) is 11.6 Å². The summed E-state index contributed by atoms with van der Waals surface area (Å²) in [6.45, 7) is 3.97.